The maximum atomic E-state index is 2.31. The molecule has 3 atom stereocenters. The van der Waals surface area contributed by atoms with Crippen LogP contribution in [0.15, 0.2) is 30.3 Å². The van der Waals surface area contributed by atoms with E-state index in [0.29, 0.717) is 0 Å². The fourth-order valence-corrected chi connectivity index (χ4v) is 3.45. The van der Waals surface area contributed by atoms with Crippen molar-refractivity contribution in [1.29, 1.82) is 0 Å². The average Bonchev–Trinajstić information content (AvgIpc) is 2.22. The molecule has 0 aliphatic heterocycles. The molecule has 0 N–H and O–H groups in total. The Hall–Kier alpha value is -0.780. The maximum absolute atomic E-state index is 2.31. The van der Waals surface area contributed by atoms with Gasteiger partial charge in [0.15, 0.2) is 0 Å². The molecule has 14 heavy (non-hydrogen) atoms. The van der Waals surface area contributed by atoms with Gasteiger partial charge in [-0.2, -0.15) is 0 Å². The van der Waals surface area contributed by atoms with Crippen LogP contribution in [0.3, 0.4) is 0 Å². The Balaban J connectivity index is 1.76. The fourth-order valence-electron chi connectivity index (χ4n) is 3.45. The Morgan fingerprint density at radius 2 is 1.71 bits per heavy atom. The summed E-state index contributed by atoms with van der Waals surface area (Å²) >= 11 is 0. The monoisotopic (exact) mass is 186 g/mol. The van der Waals surface area contributed by atoms with Gasteiger partial charge in [0.1, 0.15) is 0 Å². The van der Waals surface area contributed by atoms with Crippen LogP contribution in [0, 0.1) is 11.8 Å². The minimum absolute atomic E-state index is 0.904. The molecule has 0 bridgehead atoms. The van der Waals surface area contributed by atoms with Gasteiger partial charge in [-0.3, -0.25) is 0 Å². The molecular formula is C14H18. The minimum atomic E-state index is 0.904. The molecule has 0 aromatic heterocycles. The molecule has 1 aromatic rings. The van der Waals surface area contributed by atoms with Crippen molar-refractivity contribution in [1.82, 2.24) is 0 Å². The van der Waals surface area contributed by atoms with E-state index in [1.807, 2.05) is 0 Å². The number of hydrogen-bond acceptors (Lipinski definition) is 0. The van der Waals surface area contributed by atoms with E-state index in [0.717, 1.165) is 17.8 Å². The molecule has 2 saturated carbocycles. The van der Waals surface area contributed by atoms with Gasteiger partial charge in [-0.25, -0.2) is 0 Å². The van der Waals surface area contributed by atoms with Crippen LogP contribution in [0.2, 0.25) is 0 Å². The first-order valence-corrected chi connectivity index (χ1v) is 6.00. The van der Waals surface area contributed by atoms with Crippen LogP contribution >= 0.6 is 0 Å². The Kier molecular flexibility index (Phi) is 2.08. The van der Waals surface area contributed by atoms with Crippen LogP contribution in [0.25, 0.3) is 0 Å². The normalized spacial score (nSPS) is 35.9. The maximum Gasteiger partial charge on any atom is -0.0128 e. The van der Waals surface area contributed by atoms with Crippen molar-refractivity contribution >= 4 is 0 Å². The molecule has 1 aromatic carbocycles. The van der Waals surface area contributed by atoms with Gasteiger partial charge in [0, 0.05) is 0 Å². The van der Waals surface area contributed by atoms with Crippen LogP contribution in [0.5, 0.6) is 0 Å². The molecule has 2 aliphatic rings. The second-order valence-electron chi connectivity index (χ2n) is 4.96. The van der Waals surface area contributed by atoms with Crippen LogP contribution in [0.1, 0.15) is 43.6 Å². The van der Waals surface area contributed by atoms with Crippen molar-refractivity contribution in [2.75, 3.05) is 0 Å². The van der Waals surface area contributed by atoms with Crippen molar-refractivity contribution in [2.24, 2.45) is 11.8 Å². The quantitative estimate of drug-likeness (QED) is 0.622. The number of rotatable bonds is 1. The van der Waals surface area contributed by atoms with Crippen LogP contribution in [-0.2, 0) is 0 Å². The SMILES string of the molecule is c1ccc(C2CC3CCCCC32)cc1. The van der Waals surface area contributed by atoms with Crippen molar-refractivity contribution in [3.63, 3.8) is 0 Å². The summed E-state index contributed by atoms with van der Waals surface area (Å²) in [5.41, 5.74) is 1.59. The van der Waals surface area contributed by atoms with Gasteiger partial charge in [-0.1, -0.05) is 49.6 Å². The standard InChI is InChI=1S/C14H18/c1-2-6-11(7-3-1)14-10-12-8-4-5-9-13(12)14/h1-3,6-7,12-14H,4-5,8-10H2. The molecule has 0 nitrogen and oxygen atoms in total. The van der Waals surface area contributed by atoms with E-state index < -0.39 is 0 Å². The van der Waals surface area contributed by atoms with Gasteiger partial charge in [0.2, 0.25) is 0 Å². The molecular weight excluding hydrogens is 168 g/mol. The van der Waals surface area contributed by atoms with Gasteiger partial charge in [0.25, 0.3) is 0 Å². The first kappa shape index (κ1) is 8.52. The number of fused-ring (bicyclic) bond motifs is 1. The zero-order valence-corrected chi connectivity index (χ0v) is 8.65. The second kappa shape index (κ2) is 3.42. The lowest BCUT2D eigenvalue weighted by molar-refractivity contribution is 0.0797. The number of benzene rings is 1. The highest BCUT2D eigenvalue weighted by atomic mass is 14.5. The van der Waals surface area contributed by atoms with E-state index in [9.17, 15) is 0 Å². The first-order chi connectivity index (χ1) is 6.95. The molecule has 3 rings (SSSR count). The van der Waals surface area contributed by atoms with Gasteiger partial charge >= 0.3 is 0 Å². The summed E-state index contributed by atoms with van der Waals surface area (Å²) in [5.74, 6) is 3.02. The fraction of sp³-hybridized carbons (Fsp3) is 0.571. The summed E-state index contributed by atoms with van der Waals surface area (Å²) in [6, 6.07) is 11.1. The summed E-state index contributed by atoms with van der Waals surface area (Å²) in [5, 5.41) is 0. The molecule has 0 spiro atoms. The van der Waals surface area contributed by atoms with Gasteiger partial charge in [-0.05, 0) is 36.2 Å². The van der Waals surface area contributed by atoms with Crippen LogP contribution in [0.4, 0.5) is 0 Å². The van der Waals surface area contributed by atoms with Gasteiger partial charge in [0.05, 0.1) is 0 Å². The third kappa shape index (κ3) is 1.28. The lowest BCUT2D eigenvalue weighted by atomic mass is 9.57. The van der Waals surface area contributed by atoms with Gasteiger partial charge < -0.3 is 0 Å². The zero-order chi connectivity index (χ0) is 9.38. The average molecular weight is 186 g/mol. The van der Waals surface area contributed by atoms with Crippen molar-refractivity contribution in [3.05, 3.63) is 35.9 Å². The molecule has 0 saturated heterocycles. The van der Waals surface area contributed by atoms with Crippen LogP contribution < -0.4 is 0 Å². The molecule has 0 heterocycles. The largest absolute Gasteiger partial charge is 0.0622 e. The minimum Gasteiger partial charge on any atom is -0.0622 e. The van der Waals surface area contributed by atoms with E-state index in [2.05, 4.69) is 30.3 Å². The summed E-state index contributed by atoms with van der Waals surface area (Å²) in [6.45, 7) is 0. The van der Waals surface area contributed by atoms with Crippen molar-refractivity contribution in [3.8, 4) is 0 Å². The molecule has 0 radical (unpaired) electrons. The molecule has 2 fully saturated rings. The highest BCUT2D eigenvalue weighted by molar-refractivity contribution is 5.23. The third-order valence-electron chi connectivity index (χ3n) is 4.27. The summed E-state index contributed by atoms with van der Waals surface area (Å²) in [6.07, 6.45) is 7.43. The first-order valence-electron chi connectivity index (χ1n) is 6.00. The predicted molar refractivity (Wildman–Crippen MR) is 59.2 cm³/mol. The molecule has 2 aliphatic carbocycles. The smallest absolute Gasteiger partial charge is 0.0128 e. The lowest BCUT2D eigenvalue weighted by Crippen LogP contribution is -2.37. The van der Waals surface area contributed by atoms with Crippen molar-refractivity contribution < 1.29 is 0 Å². The summed E-state index contributed by atoms with van der Waals surface area (Å²) < 4.78 is 0. The highest BCUT2D eigenvalue weighted by Gasteiger charge is 2.42. The zero-order valence-electron chi connectivity index (χ0n) is 8.65. The third-order valence-corrected chi connectivity index (χ3v) is 4.27. The Labute approximate surface area is 86.3 Å². The number of hydrogen-bond donors (Lipinski definition) is 0. The Morgan fingerprint density at radius 3 is 2.50 bits per heavy atom. The van der Waals surface area contributed by atoms with Crippen molar-refractivity contribution in [2.45, 2.75) is 38.0 Å². The Morgan fingerprint density at radius 1 is 0.929 bits per heavy atom. The van der Waals surface area contributed by atoms with E-state index in [1.54, 1.807) is 5.56 Å². The lowest BCUT2D eigenvalue weighted by Gasteiger charge is -2.48. The topological polar surface area (TPSA) is 0 Å². The van der Waals surface area contributed by atoms with Crippen LogP contribution in [-0.4, -0.2) is 0 Å². The predicted octanol–water partition coefficient (Wildman–Crippen LogP) is 3.98. The molecule has 3 unspecified atom stereocenters. The summed E-state index contributed by atoms with van der Waals surface area (Å²) in [4.78, 5) is 0. The van der Waals surface area contributed by atoms with E-state index >= 15 is 0 Å². The second-order valence-corrected chi connectivity index (χ2v) is 4.96. The molecule has 74 valence electrons. The van der Waals surface area contributed by atoms with Gasteiger partial charge in [-0.15, -0.1) is 0 Å². The van der Waals surface area contributed by atoms with E-state index in [4.69, 9.17) is 0 Å². The van der Waals surface area contributed by atoms with E-state index in [1.165, 1.54) is 32.1 Å². The summed E-state index contributed by atoms with van der Waals surface area (Å²) in [7, 11) is 0. The molecule has 0 amide bonds. The van der Waals surface area contributed by atoms with E-state index in [-0.39, 0.29) is 0 Å². The Bertz CT molecular complexity index is 301. The molecule has 0 heteroatoms. The highest BCUT2D eigenvalue weighted by Crippen LogP contribution is 2.53.